The second-order valence-electron chi connectivity index (χ2n) is 5.01. The van der Waals surface area contributed by atoms with Crippen molar-refractivity contribution in [3.8, 4) is 0 Å². The van der Waals surface area contributed by atoms with E-state index in [1.807, 2.05) is 0 Å². The van der Waals surface area contributed by atoms with Gasteiger partial charge in [-0.15, -0.1) is 0 Å². The number of nitrogens with zero attached hydrogens (tertiary/aromatic N) is 1. The van der Waals surface area contributed by atoms with Gasteiger partial charge in [0.1, 0.15) is 0 Å². The van der Waals surface area contributed by atoms with Gasteiger partial charge in [0.15, 0.2) is 0 Å². The smallest absolute Gasteiger partial charge is 0.0418 e. The van der Waals surface area contributed by atoms with Gasteiger partial charge in [-0.3, -0.25) is 0 Å². The van der Waals surface area contributed by atoms with Crippen molar-refractivity contribution < 1.29 is 0 Å². The first kappa shape index (κ1) is 14.2. The molecule has 1 aromatic heterocycles. The maximum atomic E-state index is 3.54. The van der Waals surface area contributed by atoms with E-state index < -0.39 is 0 Å². The van der Waals surface area contributed by atoms with Gasteiger partial charge in [-0.05, 0) is 63.1 Å². The summed E-state index contributed by atoms with van der Waals surface area (Å²) in [6.45, 7) is 10.6. The van der Waals surface area contributed by atoms with Crippen LogP contribution in [-0.4, -0.2) is 4.57 Å². The molecule has 0 saturated heterocycles. The van der Waals surface area contributed by atoms with Gasteiger partial charge < -0.3 is 9.88 Å². The Balaban J connectivity index is 2.14. The average Bonchev–Trinajstić information content (AvgIpc) is 2.60. The van der Waals surface area contributed by atoms with Crippen LogP contribution in [0.5, 0.6) is 0 Å². The van der Waals surface area contributed by atoms with Crippen LogP contribution in [0.15, 0.2) is 28.7 Å². The van der Waals surface area contributed by atoms with E-state index >= 15 is 0 Å². The molecule has 0 aliphatic rings. The predicted molar refractivity (Wildman–Crippen MR) is 85.8 cm³/mol. The molecule has 2 nitrogen and oxygen atoms in total. The first-order valence-electron chi connectivity index (χ1n) is 6.68. The number of nitrogens with one attached hydrogen (secondary N) is 1. The number of aromatic nitrogens is 1. The lowest BCUT2D eigenvalue weighted by atomic mass is 10.2. The standard InChI is InChI=1S/C16H21BrN2/c1-5-19-12(3)8-14(13(19)4)10-18-16-7-11(2)6-15(17)9-16/h6-9,18H,5,10H2,1-4H3. The van der Waals surface area contributed by atoms with Crippen molar-refractivity contribution in [2.24, 2.45) is 0 Å². The average molecular weight is 321 g/mol. The molecular weight excluding hydrogens is 300 g/mol. The topological polar surface area (TPSA) is 17.0 Å². The van der Waals surface area contributed by atoms with Crippen molar-refractivity contribution in [3.05, 3.63) is 51.3 Å². The van der Waals surface area contributed by atoms with Crippen molar-refractivity contribution in [1.29, 1.82) is 0 Å². The fourth-order valence-electron chi connectivity index (χ4n) is 2.57. The highest BCUT2D eigenvalue weighted by molar-refractivity contribution is 9.10. The lowest BCUT2D eigenvalue weighted by Crippen LogP contribution is -2.03. The first-order valence-corrected chi connectivity index (χ1v) is 7.47. The summed E-state index contributed by atoms with van der Waals surface area (Å²) in [6, 6.07) is 8.68. The molecule has 1 heterocycles. The van der Waals surface area contributed by atoms with E-state index in [4.69, 9.17) is 0 Å². The quantitative estimate of drug-likeness (QED) is 0.855. The lowest BCUT2D eigenvalue weighted by Gasteiger charge is -2.09. The minimum absolute atomic E-state index is 0.871. The number of rotatable bonds is 4. The van der Waals surface area contributed by atoms with Crippen LogP contribution >= 0.6 is 15.9 Å². The fourth-order valence-corrected chi connectivity index (χ4v) is 3.18. The van der Waals surface area contributed by atoms with Crippen LogP contribution in [-0.2, 0) is 13.1 Å². The maximum Gasteiger partial charge on any atom is 0.0418 e. The molecule has 1 N–H and O–H groups in total. The van der Waals surface area contributed by atoms with Gasteiger partial charge in [0, 0.05) is 34.6 Å². The highest BCUT2D eigenvalue weighted by Crippen LogP contribution is 2.21. The van der Waals surface area contributed by atoms with Gasteiger partial charge in [0.2, 0.25) is 0 Å². The Labute approximate surface area is 124 Å². The third-order valence-electron chi connectivity index (χ3n) is 3.52. The van der Waals surface area contributed by atoms with Crippen molar-refractivity contribution in [1.82, 2.24) is 4.57 Å². The molecule has 0 amide bonds. The van der Waals surface area contributed by atoms with Crippen LogP contribution in [0.1, 0.15) is 29.4 Å². The molecule has 102 valence electrons. The maximum absolute atomic E-state index is 3.54. The third kappa shape index (κ3) is 3.21. The van der Waals surface area contributed by atoms with Crippen molar-refractivity contribution in [2.45, 2.75) is 40.8 Å². The van der Waals surface area contributed by atoms with Gasteiger partial charge >= 0.3 is 0 Å². The zero-order chi connectivity index (χ0) is 14.0. The molecule has 2 aromatic rings. The Hall–Kier alpha value is -1.22. The van der Waals surface area contributed by atoms with Crippen molar-refractivity contribution in [3.63, 3.8) is 0 Å². The number of halogens is 1. The minimum atomic E-state index is 0.871. The SMILES string of the molecule is CCn1c(C)cc(CNc2cc(C)cc(Br)c2)c1C. The summed E-state index contributed by atoms with van der Waals surface area (Å²) in [5, 5.41) is 3.50. The minimum Gasteiger partial charge on any atom is -0.381 e. The van der Waals surface area contributed by atoms with Crippen LogP contribution in [0.25, 0.3) is 0 Å². The molecule has 0 saturated carbocycles. The van der Waals surface area contributed by atoms with Crippen molar-refractivity contribution >= 4 is 21.6 Å². The molecule has 3 heteroatoms. The second kappa shape index (κ2) is 5.83. The number of benzene rings is 1. The van der Waals surface area contributed by atoms with Crippen LogP contribution in [0.2, 0.25) is 0 Å². The lowest BCUT2D eigenvalue weighted by molar-refractivity contribution is 0.715. The van der Waals surface area contributed by atoms with E-state index in [1.165, 1.54) is 22.5 Å². The Morgan fingerprint density at radius 3 is 2.42 bits per heavy atom. The van der Waals surface area contributed by atoms with Gasteiger partial charge in [0.25, 0.3) is 0 Å². The van der Waals surface area contributed by atoms with E-state index in [9.17, 15) is 0 Å². The summed E-state index contributed by atoms with van der Waals surface area (Å²) >= 11 is 3.54. The Bertz CT molecular complexity index is 564. The predicted octanol–water partition coefficient (Wildman–Crippen LogP) is 4.81. The first-order chi connectivity index (χ1) is 9.01. The molecule has 0 aliphatic carbocycles. The molecule has 1 aromatic carbocycles. The molecule has 0 aliphatic heterocycles. The second-order valence-corrected chi connectivity index (χ2v) is 5.93. The number of hydrogen-bond acceptors (Lipinski definition) is 1. The zero-order valence-corrected chi connectivity index (χ0v) is 13.6. The Morgan fingerprint density at radius 2 is 1.84 bits per heavy atom. The molecular formula is C16H21BrN2. The van der Waals surface area contributed by atoms with Crippen molar-refractivity contribution in [2.75, 3.05) is 5.32 Å². The molecule has 0 fully saturated rings. The van der Waals surface area contributed by atoms with Gasteiger partial charge in [-0.25, -0.2) is 0 Å². The molecule has 0 radical (unpaired) electrons. The molecule has 2 rings (SSSR count). The van der Waals surface area contributed by atoms with Gasteiger partial charge in [-0.2, -0.15) is 0 Å². The summed E-state index contributed by atoms with van der Waals surface area (Å²) < 4.78 is 3.47. The van der Waals surface area contributed by atoms with Crippen LogP contribution in [0.4, 0.5) is 5.69 Å². The largest absolute Gasteiger partial charge is 0.381 e. The molecule has 0 unspecified atom stereocenters. The molecule has 0 spiro atoms. The highest BCUT2D eigenvalue weighted by Gasteiger charge is 2.07. The Morgan fingerprint density at radius 1 is 1.11 bits per heavy atom. The number of anilines is 1. The summed E-state index contributed by atoms with van der Waals surface area (Å²) in [5.74, 6) is 0. The summed E-state index contributed by atoms with van der Waals surface area (Å²) in [4.78, 5) is 0. The fraction of sp³-hybridized carbons (Fsp3) is 0.375. The van der Waals surface area contributed by atoms with E-state index in [2.05, 4.69) is 77.8 Å². The van der Waals surface area contributed by atoms with E-state index in [1.54, 1.807) is 0 Å². The summed E-state index contributed by atoms with van der Waals surface area (Å²) in [5.41, 5.74) is 6.49. The van der Waals surface area contributed by atoms with Gasteiger partial charge in [0.05, 0.1) is 0 Å². The van der Waals surface area contributed by atoms with Crippen LogP contribution < -0.4 is 5.32 Å². The normalized spacial score (nSPS) is 10.8. The van der Waals surface area contributed by atoms with E-state index in [-0.39, 0.29) is 0 Å². The molecule has 0 bridgehead atoms. The van der Waals surface area contributed by atoms with Crippen LogP contribution in [0, 0.1) is 20.8 Å². The van der Waals surface area contributed by atoms with Crippen LogP contribution in [0.3, 0.4) is 0 Å². The molecule has 0 atom stereocenters. The zero-order valence-electron chi connectivity index (χ0n) is 12.0. The number of hydrogen-bond donors (Lipinski definition) is 1. The highest BCUT2D eigenvalue weighted by atomic mass is 79.9. The number of aryl methyl sites for hydroxylation is 2. The van der Waals surface area contributed by atoms with Gasteiger partial charge in [-0.1, -0.05) is 15.9 Å². The van der Waals surface area contributed by atoms with E-state index in [0.717, 1.165) is 23.2 Å². The Kier molecular flexibility index (Phi) is 4.35. The summed E-state index contributed by atoms with van der Waals surface area (Å²) in [7, 11) is 0. The summed E-state index contributed by atoms with van der Waals surface area (Å²) in [6.07, 6.45) is 0. The molecule has 19 heavy (non-hydrogen) atoms. The van der Waals surface area contributed by atoms with E-state index in [0.29, 0.717) is 0 Å². The monoisotopic (exact) mass is 320 g/mol. The third-order valence-corrected chi connectivity index (χ3v) is 3.98.